The topological polar surface area (TPSA) is 24.5 Å². The summed E-state index contributed by atoms with van der Waals surface area (Å²) in [6.45, 7) is 2.22. The maximum absolute atomic E-state index is 6.42. The molecule has 1 aliphatic carbocycles. The molecule has 3 heterocycles. The van der Waals surface area contributed by atoms with Crippen LogP contribution in [0.15, 0.2) is 146 Å². The Morgan fingerprint density at radius 2 is 1.21 bits per heavy atom. The van der Waals surface area contributed by atoms with E-state index in [0.717, 1.165) is 35.7 Å². The van der Waals surface area contributed by atoms with Gasteiger partial charge in [0, 0.05) is 16.9 Å². The van der Waals surface area contributed by atoms with Crippen molar-refractivity contribution in [3.8, 4) is 33.8 Å². The van der Waals surface area contributed by atoms with Crippen molar-refractivity contribution in [2.24, 2.45) is 0 Å². The van der Waals surface area contributed by atoms with Gasteiger partial charge in [-0.2, -0.15) is 0 Å². The number of benzene rings is 7. The maximum Gasteiger partial charge on any atom is 0.198 e. The molecule has 48 heavy (non-hydrogen) atoms. The van der Waals surface area contributed by atoms with Crippen LogP contribution in [0.3, 0.4) is 0 Å². The molecule has 3 nitrogen and oxygen atoms in total. The summed E-state index contributed by atoms with van der Waals surface area (Å²) in [5, 5.41) is 3.73. The third kappa shape index (κ3) is 3.20. The molecule has 0 saturated heterocycles. The molecule has 3 aliphatic heterocycles. The zero-order chi connectivity index (χ0) is 31.6. The first-order chi connectivity index (χ1) is 23.7. The Kier molecular flexibility index (Phi) is 5.06. The lowest BCUT2D eigenvalue weighted by Crippen LogP contribution is -2.47. The number of para-hydroxylation sites is 5. The number of nitrogens with one attached hydrogen (secondary N) is 1. The summed E-state index contributed by atoms with van der Waals surface area (Å²) in [4.78, 5) is 2.57. The van der Waals surface area contributed by atoms with E-state index in [2.05, 4.69) is 145 Å². The first-order valence-electron chi connectivity index (χ1n) is 16.7. The smallest absolute Gasteiger partial charge is 0.198 e. The lowest BCUT2D eigenvalue weighted by molar-refractivity contribution is 0.481. The zero-order valence-electron chi connectivity index (χ0n) is 26.4. The highest BCUT2D eigenvalue weighted by atomic mass is 16.5. The Labute approximate surface area is 280 Å². The maximum atomic E-state index is 6.42. The van der Waals surface area contributed by atoms with Crippen LogP contribution in [0.5, 0.6) is 11.5 Å². The number of hydrogen-bond acceptors (Lipinski definition) is 3. The van der Waals surface area contributed by atoms with Crippen LogP contribution in [0.4, 0.5) is 28.4 Å². The van der Waals surface area contributed by atoms with Crippen molar-refractivity contribution < 1.29 is 4.74 Å². The van der Waals surface area contributed by atoms with Gasteiger partial charge in [-0.1, -0.05) is 121 Å². The SMILES string of the molecule is Cc1cc(-c2cccc3c2Nc2ccccc2O3)c2c(c1)N1c3ccccc3C3(c4ccccc4-c4ccccc43)c3cccc(c31)B2. The van der Waals surface area contributed by atoms with Gasteiger partial charge in [-0.15, -0.1) is 0 Å². The van der Waals surface area contributed by atoms with Crippen LogP contribution in [-0.2, 0) is 5.41 Å². The number of hydrogen-bond donors (Lipinski definition) is 1. The lowest BCUT2D eigenvalue weighted by Gasteiger charge is -2.48. The van der Waals surface area contributed by atoms with Gasteiger partial charge in [0.25, 0.3) is 0 Å². The van der Waals surface area contributed by atoms with Crippen molar-refractivity contribution in [1.82, 2.24) is 0 Å². The number of rotatable bonds is 1. The van der Waals surface area contributed by atoms with E-state index in [9.17, 15) is 0 Å². The van der Waals surface area contributed by atoms with Crippen molar-refractivity contribution in [1.29, 1.82) is 0 Å². The number of nitrogens with zero attached hydrogens (tertiary/aromatic N) is 1. The average molecular weight is 613 g/mol. The lowest BCUT2D eigenvalue weighted by atomic mass is 9.54. The van der Waals surface area contributed by atoms with Crippen LogP contribution in [0.2, 0.25) is 0 Å². The fraction of sp³-hybridized carbons (Fsp3) is 0.0455. The average Bonchev–Trinajstić information content (AvgIpc) is 3.43. The molecular weight excluding hydrogens is 583 g/mol. The minimum absolute atomic E-state index is 0.400. The summed E-state index contributed by atoms with van der Waals surface area (Å²) in [5.41, 5.74) is 19.8. The second-order valence-electron chi connectivity index (χ2n) is 13.4. The molecule has 0 unspecified atom stereocenters. The second-order valence-corrected chi connectivity index (χ2v) is 13.4. The van der Waals surface area contributed by atoms with Gasteiger partial charge < -0.3 is 15.0 Å². The minimum atomic E-state index is -0.400. The molecule has 224 valence electrons. The fourth-order valence-corrected chi connectivity index (χ4v) is 9.11. The van der Waals surface area contributed by atoms with Gasteiger partial charge in [0.15, 0.2) is 18.8 Å². The standard InChI is InChI=1S/C44H29BN2O/c1-26-24-30(29-14-10-23-40-42(29)46-36-20-7-9-22-39(36)48-40)41-38(25-26)47-37-21-8-6-17-33(37)44(34-18-11-19-35(45-41)43(34)47)31-15-4-2-12-27(31)28-13-3-5-16-32(28)44/h2-25,45-46H,1H3. The zero-order valence-corrected chi connectivity index (χ0v) is 26.4. The summed E-state index contributed by atoms with van der Waals surface area (Å²) >= 11 is 0. The molecule has 0 bridgehead atoms. The van der Waals surface area contributed by atoms with Crippen LogP contribution >= 0.6 is 0 Å². The summed E-state index contributed by atoms with van der Waals surface area (Å²) in [7, 11) is 0.841. The molecule has 0 aromatic heterocycles. The van der Waals surface area contributed by atoms with E-state index in [1.54, 1.807) is 0 Å². The Morgan fingerprint density at radius 1 is 0.562 bits per heavy atom. The van der Waals surface area contributed by atoms with Crippen LogP contribution in [0.25, 0.3) is 22.3 Å². The fourth-order valence-electron chi connectivity index (χ4n) is 9.11. The molecule has 0 radical (unpaired) electrons. The predicted molar refractivity (Wildman–Crippen MR) is 198 cm³/mol. The molecule has 0 saturated carbocycles. The van der Waals surface area contributed by atoms with Crippen molar-refractivity contribution >= 4 is 46.6 Å². The van der Waals surface area contributed by atoms with E-state index in [1.807, 2.05) is 18.2 Å². The molecule has 7 aromatic rings. The van der Waals surface area contributed by atoms with E-state index >= 15 is 0 Å². The van der Waals surface area contributed by atoms with E-state index in [1.165, 1.54) is 72.5 Å². The highest BCUT2D eigenvalue weighted by Crippen LogP contribution is 2.63. The molecular formula is C44H29BN2O. The van der Waals surface area contributed by atoms with E-state index in [0.29, 0.717) is 0 Å². The van der Waals surface area contributed by atoms with Gasteiger partial charge in [0.2, 0.25) is 0 Å². The largest absolute Gasteiger partial charge is 0.453 e. The van der Waals surface area contributed by atoms with Gasteiger partial charge in [-0.05, 0) is 87.2 Å². The Bertz CT molecular complexity index is 2490. The van der Waals surface area contributed by atoms with Crippen molar-refractivity contribution in [3.63, 3.8) is 0 Å². The first-order valence-corrected chi connectivity index (χ1v) is 16.7. The normalized spacial score (nSPS) is 14.6. The monoisotopic (exact) mass is 612 g/mol. The van der Waals surface area contributed by atoms with Crippen molar-refractivity contribution in [3.05, 3.63) is 173 Å². The minimum Gasteiger partial charge on any atom is -0.453 e. The molecule has 1 N–H and O–H groups in total. The van der Waals surface area contributed by atoms with E-state index < -0.39 is 5.41 Å². The predicted octanol–water partition coefficient (Wildman–Crippen LogP) is 9.36. The Morgan fingerprint density at radius 3 is 2.04 bits per heavy atom. The summed E-state index contributed by atoms with van der Waals surface area (Å²) in [5.74, 6) is 1.70. The van der Waals surface area contributed by atoms with E-state index in [4.69, 9.17) is 4.74 Å². The van der Waals surface area contributed by atoms with Crippen LogP contribution in [0.1, 0.15) is 27.8 Å². The summed E-state index contributed by atoms with van der Waals surface area (Å²) in [6.07, 6.45) is 0. The van der Waals surface area contributed by atoms with Gasteiger partial charge in [0.1, 0.15) is 0 Å². The molecule has 11 rings (SSSR count). The molecule has 4 heteroatoms. The summed E-state index contributed by atoms with van der Waals surface area (Å²) in [6, 6.07) is 53.5. The molecule has 4 aliphatic rings. The number of fused-ring (bicyclic) bond motifs is 13. The van der Waals surface area contributed by atoms with Gasteiger partial charge in [-0.25, -0.2) is 0 Å². The van der Waals surface area contributed by atoms with Gasteiger partial charge in [0.05, 0.1) is 22.5 Å². The van der Waals surface area contributed by atoms with Gasteiger partial charge in [-0.3, -0.25) is 0 Å². The first kappa shape index (κ1) is 26.1. The van der Waals surface area contributed by atoms with Crippen LogP contribution in [-0.4, -0.2) is 7.28 Å². The third-order valence-electron chi connectivity index (χ3n) is 10.9. The van der Waals surface area contributed by atoms with Crippen molar-refractivity contribution in [2.75, 3.05) is 10.2 Å². The van der Waals surface area contributed by atoms with E-state index in [-0.39, 0.29) is 0 Å². The molecule has 7 aromatic carbocycles. The van der Waals surface area contributed by atoms with Crippen molar-refractivity contribution in [2.45, 2.75) is 12.3 Å². The quantitative estimate of drug-likeness (QED) is 0.187. The van der Waals surface area contributed by atoms with Crippen LogP contribution < -0.4 is 25.9 Å². The summed E-state index contributed by atoms with van der Waals surface area (Å²) < 4.78 is 6.42. The third-order valence-corrected chi connectivity index (χ3v) is 10.9. The molecule has 0 amide bonds. The number of ether oxygens (including phenoxy) is 1. The second kappa shape index (κ2) is 9.30. The Balaban J connectivity index is 1.19. The highest BCUT2D eigenvalue weighted by molar-refractivity contribution is 6.73. The van der Waals surface area contributed by atoms with Crippen LogP contribution in [0, 0.1) is 6.92 Å². The molecule has 1 spiro atoms. The molecule has 0 fully saturated rings. The molecule has 0 atom stereocenters. The Hall–Kier alpha value is -6.00. The highest BCUT2D eigenvalue weighted by Gasteiger charge is 2.52. The number of anilines is 5. The van der Waals surface area contributed by atoms with Gasteiger partial charge >= 0.3 is 0 Å². The number of aryl methyl sites for hydroxylation is 1.